The Bertz CT molecular complexity index is 264. The summed E-state index contributed by atoms with van der Waals surface area (Å²) in [5, 5.41) is 10.4. The molecule has 0 bridgehead atoms. The van der Waals surface area contributed by atoms with Crippen LogP contribution in [-0.2, 0) is 0 Å². The maximum atomic E-state index is 10.4. The van der Waals surface area contributed by atoms with Gasteiger partial charge >= 0.3 is 0 Å². The Balaban J connectivity index is 2.47. The molecule has 0 aromatic heterocycles. The Hall–Kier alpha value is -0.120. The maximum absolute atomic E-state index is 10.4. The first-order valence-corrected chi connectivity index (χ1v) is 8.58. The van der Waals surface area contributed by atoms with Crippen LogP contribution in [0.4, 0.5) is 0 Å². The van der Waals surface area contributed by atoms with Crippen molar-refractivity contribution in [1.82, 2.24) is 9.80 Å². The third-order valence-electron chi connectivity index (χ3n) is 5.01. The van der Waals surface area contributed by atoms with Crippen LogP contribution in [-0.4, -0.2) is 59.8 Å². The molecular formula is C17H36N2O. The van der Waals surface area contributed by atoms with Crippen LogP contribution in [0.5, 0.6) is 0 Å². The fraction of sp³-hybridized carbons (Fsp3) is 1.00. The zero-order chi connectivity index (χ0) is 15.2. The lowest BCUT2D eigenvalue weighted by Crippen LogP contribution is -2.49. The first-order valence-electron chi connectivity index (χ1n) is 8.58. The van der Waals surface area contributed by atoms with Gasteiger partial charge in [-0.3, -0.25) is 4.90 Å². The molecule has 1 saturated carbocycles. The van der Waals surface area contributed by atoms with E-state index >= 15 is 0 Å². The molecule has 0 spiro atoms. The number of hydrogen-bond donors (Lipinski definition) is 1. The van der Waals surface area contributed by atoms with Gasteiger partial charge in [-0.05, 0) is 63.8 Å². The first kappa shape index (κ1) is 17.9. The van der Waals surface area contributed by atoms with E-state index in [1.54, 1.807) is 0 Å². The fourth-order valence-electron chi connectivity index (χ4n) is 3.50. The van der Waals surface area contributed by atoms with Crippen molar-refractivity contribution in [3.63, 3.8) is 0 Å². The largest absolute Gasteiger partial charge is 0.391 e. The van der Waals surface area contributed by atoms with Crippen molar-refractivity contribution in [3.8, 4) is 0 Å². The van der Waals surface area contributed by atoms with E-state index in [-0.39, 0.29) is 6.10 Å². The summed E-state index contributed by atoms with van der Waals surface area (Å²) in [5.41, 5.74) is 0.385. The van der Waals surface area contributed by atoms with Crippen molar-refractivity contribution >= 4 is 0 Å². The minimum absolute atomic E-state index is 0.128. The molecule has 3 nitrogen and oxygen atoms in total. The van der Waals surface area contributed by atoms with Gasteiger partial charge in [-0.2, -0.15) is 0 Å². The highest BCUT2D eigenvalue weighted by molar-refractivity contribution is 4.90. The minimum atomic E-state index is -0.128. The second-order valence-electron chi connectivity index (χ2n) is 7.05. The summed E-state index contributed by atoms with van der Waals surface area (Å²) < 4.78 is 0. The third-order valence-corrected chi connectivity index (χ3v) is 5.01. The van der Waals surface area contributed by atoms with Crippen LogP contribution in [0.3, 0.4) is 0 Å². The van der Waals surface area contributed by atoms with Crippen LogP contribution in [0.1, 0.15) is 60.3 Å². The molecule has 0 heterocycles. The Kier molecular flexibility index (Phi) is 7.49. The average molecular weight is 284 g/mol. The van der Waals surface area contributed by atoms with Crippen LogP contribution in [0, 0.1) is 5.41 Å². The van der Waals surface area contributed by atoms with Gasteiger partial charge in [-0.25, -0.2) is 0 Å². The van der Waals surface area contributed by atoms with Gasteiger partial charge < -0.3 is 10.0 Å². The maximum Gasteiger partial charge on any atom is 0.0695 e. The smallest absolute Gasteiger partial charge is 0.0695 e. The number of likely N-dealkylation sites (N-methyl/N-ethyl adjacent to an activating group) is 1. The van der Waals surface area contributed by atoms with Crippen LogP contribution in [0.25, 0.3) is 0 Å². The van der Waals surface area contributed by atoms with Crippen LogP contribution >= 0.6 is 0 Å². The van der Waals surface area contributed by atoms with E-state index in [4.69, 9.17) is 0 Å². The summed E-state index contributed by atoms with van der Waals surface area (Å²) in [4.78, 5) is 4.99. The molecule has 2 unspecified atom stereocenters. The van der Waals surface area contributed by atoms with E-state index in [1.165, 1.54) is 13.0 Å². The van der Waals surface area contributed by atoms with Gasteiger partial charge in [0.15, 0.2) is 0 Å². The standard InChI is InChI=1S/C17H36N2O/c1-6-18(7-2)12-9-13-19(8-3)15-14-17(4,5)11-10-16(15)20/h15-16,20H,6-14H2,1-5H3. The second-order valence-corrected chi connectivity index (χ2v) is 7.05. The van der Waals surface area contributed by atoms with Crippen molar-refractivity contribution in [1.29, 1.82) is 0 Å². The number of rotatable bonds is 8. The summed E-state index contributed by atoms with van der Waals surface area (Å²) >= 11 is 0. The third kappa shape index (κ3) is 5.34. The van der Waals surface area contributed by atoms with Gasteiger partial charge in [0, 0.05) is 6.04 Å². The topological polar surface area (TPSA) is 26.7 Å². The van der Waals surface area contributed by atoms with Crippen LogP contribution in [0.2, 0.25) is 0 Å². The summed E-state index contributed by atoms with van der Waals surface area (Å²) in [5.74, 6) is 0. The Labute approximate surface area is 126 Å². The van der Waals surface area contributed by atoms with E-state index in [0.29, 0.717) is 11.5 Å². The number of aliphatic hydroxyl groups is 1. The van der Waals surface area contributed by atoms with E-state index in [2.05, 4.69) is 44.4 Å². The first-order chi connectivity index (χ1) is 9.43. The SMILES string of the molecule is CCN(CC)CCCN(CC)C1CC(C)(C)CCC1O. The molecule has 120 valence electrons. The lowest BCUT2D eigenvalue weighted by Gasteiger charge is -2.44. The predicted octanol–water partition coefficient (Wildman–Crippen LogP) is 2.98. The Morgan fingerprint density at radius 3 is 2.25 bits per heavy atom. The number of hydrogen-bond acceptors (Lipinski definition) is 3. The highest BCUT2D eigenvalue weighted by Gasteiger charge is 2.36. The molecule has 1 aliphatic carbocycles. The highest BCUT2D eigenvalue weighted by atomic mass is 16.3. The molecule has 3 heteroatoms. The number of nitrogens with zero attached hydrogens (tertiary/aromatic N) is 2. The Morgan fingerprint density at radius 2 is 1.70 bits per heavy atom. The summed E-state index contributed by atoms with van der Waals surface area (Å²) in [6.07, 6.45) is 4.33. The normalized spacial score (nSPS) is 26.4. The minimum Gasteiger partial charge on any atom is -0.391 e. The summed E-state index contributed by atoms with van der Waals surface area (Å²) in [7, 11) is 0. The molecule has 0 aromatic carbocycles. The molecule has 0 aliphatic heterocycles. The summed E-state index contributed by atoms with van der Waals surface area (Å²) in [6, 6.07) is 0.362. The van der Waals surface area contributed by atoms with Crippen molar-refractivity contribution in [2.75, 3.05) is 32.7 Å². The van der Waals surface area contributed by atoms with E-state index in [1.807, 2.05) is 0 Å². The summed E-state index contributed by atoms with van der Waals surface area (Å²) in [6.45, 7) is 17.0. The fourth-order valence-corrected chi connectivity index (χ4v) is 3.50. The van der Waals surface area contributed by atoms with Gasteiger partial charge in [0.25, 0.3) is 0 Å². The van der Waals surface area contributed by atoms with Gasteiger partial charge in [0.1, 0.15) is 0 Å². The van der Waals surface area contributed by atoms with Crippen LogP contribution < -0.4 is 0 Å². The van der Waals surface area contributed by atoms with E-state index in [0.717, 1.165) is 45.4 Å². The molecule has 0 saturated heterocycles. The Morgan fingerprint density at radius 1 is 1.05 bits per heavy atom. The van der Waals surface area contributed by atoms with Gasteiger partial charge in [0.2, 0.25) is 0 Å². The average Bonchev–Trinajstić information content (AvgIpc) is 2.42. The lowest BCUT2D eigenvalue weighted by molar-refractivity contribution is -0.0164. The van der Waals surface area contributed by atoms with Crippen molar-refractivity contribution in [3.05, 3.63) is 0 Å². The zero-order valence-electron chi connectivity index (χ0n) is 14.4. The van der Waals surface area contributed by atoms with E-state index < -0.39 is 0 Å². The predicted molar refractivity (Wildman–Crippen MR) is 87.1 cm³/mol. The molecular weight excluding hydrogens is 248 g/mol. The monoisotopic (exact) mass is 284 g/mol. The molecule has 1 aliphatic rings. The molecule has 1 rings (SSSR count). The highest BCUT2D eigenvalue weighted by Crippen LogP contribution is 2.37. The molecule has 0 amide bonds. The van der Waals surface area contributed by atoms with Crippen molar-refractivity contribution in [2.24, 2.45) is 5.41 Å². The molecule has 20 heavy (non-hydrogen) atoms. The molecule has 2 atom stereocenters. The molecule has 0 radical (unpaired) electrons. The van der Waals surface area contributed by atoms with Gasteiger partial charge in [-0.1, -0.05) is 34.6 Å². The lowest BCUT2D eigenvalue weighted by atomic mass is 9.73. The second kappa shape index (κ2) is 8.35. The zero-order valence-corrected chi connectivity index (χ0v) is 14.4. The molecule has 1 N–H and O–H groups in total. The van der Waals surface area contributed by atoms with Crippen LogP contribution in [0.15, 0.2) is 0 Å². The van der Waals surface area contributed by atoms with Crippen molar-refractivity contribution < 1.29 is 5.11 Å². The van der Waals surface area contributed by atoms with Gasteiger partial charge in [-0.15, -0.1) is 0 Å². The molecule has 0 aromatic rings. The van der Waals surface area contributed by atoms with Gasteiger partial charge in [0.05, 0.1) is 6.10 Å². The molecule has 1 fully saturated rings. The van der Waals surface area contributed by atoms with E-state index in [9.17, 15) is 5.11 Å². The number of aliphatic hydroxyl groups excluding tert-OH is 1. The quantitative estimate of drug-likeness (QED) is 0.742. The van der Waals surface area contributed by atoms with Crippen molar-refractivity contribution in [2.45, 2.75) is 72.4 Å².